The smallest absolute Gasteiger partial charge is 0.316 e. The standard InChI is InChI=1S/C22H31NO3/c1-13(2)15-10-9-14(3)11-19(15)25-22-17-12-23(4)18-8-6-5-7-16(18)20(17)21(24)26-22/h5-8,13-15,17,19-20,22H,9-12H2,1-4H3/t14-,15+,17-,19-,20+,22-/m0/s1. The summed E-state index contributed by atoms with van der Waals surface area (Å²) in [4.78, 5) is 14.9. The van der Waals surface area contributed by atoms with Crippen molar-refractivity contribution in [1.82, 2.24) is 0 Å². The number of hydrogen-bond donors (Lipinski definition) is 0. The van der Waals surface area contributed by atoms with Crippen LogP contribution in [0.25, 0.3) is 0 Å². The van der Waals surface area contributed by atoms with E-state index in [9.17, 15) is 4.79 Å². The molecule has 4 nitrogen and oxygen atoms in total. The van der Waals surface area contributed by atoms with Gasteiger partial charge in [0.15, 0.2) is 0 Å². The monoisotopic (exact) mass is 357 g/mol. The van der Waals surface area contributed by atoms with Gasteiger partial charge in [-0.15, -0.1) is 0 Å². The van der Waals surface area contributed by atoms with E-state index in [1.165, 1.54) is 12.8 Å². The van der Waals surface area contributed by atoms with Crippen molar-refractivity contribution in [2.75, 3.05) is 18.5 Å². The summed E-state index contributed by atoms with van der Waals surface area (Å²) in [5, 5.41) is 0. The Bertz CT molecular complexity index is 673. The molecule has 0 aromatic heterocycles. The van der Waals surface area contributed by atoms with Gasteiger partial charge in [0.2, 0.25) is 6.29 Å². The van der Waals surface area contributed by atoms with Gasteiger partial charge in [-0.3, -0.25) is 4.79 Å². The first kappa shape index (κ1) is 17.8. The maximum Gasteiger partial charge on any atom is 0.316 e. The highest BCUT2D eigenvalue weighted by Gasteiger charge is 2.51. The van der Waals surface area contributed by atoms with Gasteiger partial charge in [-0.25, -0.2) is 0 Å². The molecule has 1 aromatic carbocycles. The zero-order valence-electron chi connectivity index (χ0n) is 16.4. The van der Waals surface area contributed by atoms with E-state index in [1.807, 2.05) is 12.1 Å². The summed E-state index contributed by atoms with van der Waals surface area (Å²) >= 11 is 0. The third-order valence-corrected chi connectivity index (χ3v) is 6.70. The number of esters is 1. The Labute approximate surface area is 156 Å². The number of hydrogen-bond acceptors (Lipinski definition) is 4. The molecule has 142 valence electrons. The minimum atomic E-state index is -0.417. The van der Waals surface area contributed by atoms with Crippen LogP contribution in [0.2, 0.25) is 0 Å². The molecule has 2 heterocycles. The quantitative estimate of drug-likeness (QED) is 0.760. The van der Waals surface area contributed by atoms with Crippen molar-refractivity contribution in [2.45, 2.75) is 58.3 Å². The Balaban J connectivity index is 1.57. The van der Waals surface area contributed by atoms with E-state index in [1.54, 1.807) is 0 Å². The predicted molar refractivity (Wildman–Crippen MR) is 102 cm³/mol. The van der Waals surface area contributed by atoms with Gasteiger partial charge in [-0.05, 0) is 42.2 Å². The van der Waals surface area contributed by atoms with Gasteiger partial charge in [-0.2, -0.15) is 0 Å². The number of fused-ring (bicyclic) bond motifs is 3. The zero-order chi connectivity index (χ0) is 18.4. The molecule has 1 saturated carbocycles. The molecule has 0 N–H and O–H groups in total. The summed E-state index contributed by atoms with van der Waals surface area (Å²) in [7, 11) is 2.09. The Morgan fingerprint density at radius 3 is 2.77 bits per heavy atom. The van der Waals surface area contributed by atoms with E-state index < -0.39 is 6.29 Å². The van der Waals surface area contributed by atoms with E-state index in [-0.39, 0.29) is 23.9 Å². The van der Waals surface area contributed by atoms with Crippen LogP contribution in [-0.4, -0.2) is 32.0 Å². The molecule has 1 saturated heterocycles. The number of para-hydroxylation sites is 1. The lowest BCUT2D eigenvalue weighted by Crippen LogP contribution is -2.43. The fraction of sp³-hybridized carbons (Fsp3) is 0.682. The number of ether oxygens (including phenoxy) is 2. The van der Waals surface area contributed by atoms with Crippen LogP contribution < -0.4 is 4.90 Å². The molecule has 4 heteroatoms. The normalized spacial score (nSPS) is 36.7. The molecule has 1 aliphatic carbocycles. The van der Waals surface area contributed by atoms with Crippen LogP contribution in [0.1, 0.15) is 51.5 Å². The summed E-state index contributed by atoms with van der Waals surface area (Å²) in [5.41, 5.74) is 2.22. The van der Waals surface area contributed by atoms with Gasteiger partial charge in [-0.1, -0.05) is 45.4 Å². The second-order valence-corrected chi connectivity index (χ2v) is 8.89. The molecule has 0 radical (unpaired) electrons. The maximum atomic E-state index is 12.7. The molecule has 4 rings (SSSR count). The molecule has 0 unspecified atom stereocenters. The van der Waals surface area contributed by atoms with Crippen molar-refractivity contribution in [3.05, 3.63) is 29.8 Å². The van der Waals surface area contributed by atoms with Crippen LogP contribution in [0.3, 0.4) is 0 Å². The van der Waals surface area contributed by atoms with Crippen LogP contribution in [-0.2, 0) is 14.3 Å². The Hall–Kier alpha value is -1.55. The maximum absolute atomic E-state index is 12.7. The Morgan fingerprint density at radius 1 is 1.23 bits per heavy atom. The fourth-order valence-electron chi connectivity index (χ4n) is 5.24. The number of nitrogens with zero attached hydrogens (tertiary/aromatic N) is 1. The SMILES string of the molecule is CC(C)[C@H]1CC[C@H](C)C[C@@H]1O[C@H]1OC(=O)[C@@H]2c3ccccc3N(C)C[C@H]12. The predicted octanol–water partition coefficient (Wildman–Crippen LogP) is 4.20. The average Bonchev–Trinajstić information content (AvgIpc) is 2.90. The fourth-order valence-corrected chi connectivity index (χ4v) is 5.24. The van der Waals surface area contributed by atoms with Crippen LogP contribution >= 0.6 is 0 Å². The van der Waals surface area contributed by atoms with Crippen LogP contribution in [0.15, 0.2) is 24.3 Å². The van der Waals surface area contributed by atoms with E-state index in [4.69, 9.17) is 9.47 Å². The van der Waals surface area contributed by atoms with Crippen molar-refractivity contribution < 1.29 is 14.3 Å². The minimum Gasteiger partial charge on any atom is -0.435 e. The first-order valence-corrected chi connectivity index (χ1v) is 10.1. The zero-order valence-corrected chi connectivity index (χ0v) is 16.4. The largest absolute Gasteiger partial charge is 0.435 e. The molecule has 0 amide bonds. The second kappa shape index (κ2) is 6.88. The summed E-state index contributed by atoms with van der Waals surface area (Å²) in [5.74, 6) is 1.59. The van der Waals surface area contributed by atoms with Gasteiger partial charge in [0.25, 0.3) is 0 Å². The molecule has 6 atom stereocenters. The summed E-state index contributed by atoms with van der Waals surface area (Å²) in [6.45, 7) is 7.67. The van der Waals surface area contributed by atoms with Gasteiger partial charge >= 0.3 is 5.97 Å². The number of cyclic esters (lactones) is 1. The molecule has 0 bridgehead atoms. The molecular formula is C22H31NO3. The lowest BCUT2D eigenvalue weighted by Gasteiger charge is -2.40. The highest BCUT2D eigenvalue weighted by molar-refractivity contribution is 5.84. The topological polar surface area (TPSA) is 38.8 Å². The van der Waals surface area contributed by atoms with Gasteiger partial charge in [0.05, 0.1) is 17.9 Å². The van der Waals surface area contributed by atoms with Crippen LogP contribution in [0.5, 0.6) is 0 Å². The molecule has 3 aliphatic rings. The lowest BCUT2D eigenvalue weighted by molar-refractivity contribution is -0.195. The Kier molecular flexibility index (Phi) is 4.72. The molecule has 2 fully saturated rings. The van der Waals surface area contributed by atoms with Crippen molar-refractivity contribution in [3.8, 4) is 0 Å². The first-order valence-electron chi connectivity index (χ1n) is 10.1. The summed E-state index contributed by atoms with van der Waals surface area (Å²) < 4.78 is 12.3. The van der Waals surface area contributed by atoms with Crippen LogP contribution in [0, 0.1) is 23.7 Å². The molecule has 26 heavy (non-hydrogen) atoms. The van der Waals surface area contributed by atoms with E-state index in [0.29, 0.717) is 17.8 Å². The molecule has 1 aromatic rings. The van der Waals surface area contributed by atoms with Crippen molar-refractivity contribution in [2.24, 2.45) is 23.7 Å². The van der Waals surface area contributed by atoms with Crippen LogP contribution in [0.4, 0.5) is 5.69 Å². The van der Waals surface area contributed by atoms with E-state index >= 15 is 0 Å². The molecule has 2 aliphatic heterocycles. The number of benzene rings is 1. The van der Waals surface area contributed by atoms with Crippen molar-refractivity contribution in [1.29, 1.82) is 0 Å². The third-order valence-electron chi connectivity index (χ3n) is 6.70. The van der Waals surface area contributed by atoms with Gasteiger partial charge in [0, 0.05) is 19.3 Å². The minimum absolute atomic E-state index is 0.0763. The van der Waals surface area contributed by atoms with Crippen molar-refractivity contribution in [3.63, 3.8) is 0 Å². The summed E-state index contributed by atoms with van der Waals surface area (Å²) in [6.07, 6.45) is 3.33. The number of carbonyl (C=O) groups excluding carboxylic acids is 1. The van der Waals surface area contributed by atoms with Crippen molar-refractivity contribution >= 4 is 11.7 Å². The third kappa shape index (κ3) is 3.02. The van der Waals surface area contributed by atoms with E-state index in [2.05, 4.69) is 44.9 Å². The average molecular weight is 357 g/mol. The number of carbonyl (C=O) groups is 1. The highest BCUT2D eigenvalue weighted by atomic mass is 16.7. The molecule has 0 spiro atoms. The number of anilines is 1. The van der Waals surface area contributed by atoms with Gasteiger partial charge in [0.1, 0.15) is 0 Å². The highest BCUT2D eigenvalue weighted by Crippen LogP contribution is 2.46. The van der Waals surface area contributed by atoms with E-state index in [0.717, 1.165) is 24.2 Å². The number of rotatable bonds is 3. The lowest BCUT2D eigenvalue weighted by atomic mass is 9.75. The van der Waals surface area contributed by atoms with Gasteiger partial charge < -0.3 is 14.4 Å². The summed E-state index contributed by atoms with van der Waals surface area (Å²) in [6, 6.07) is 8.19. The molecular weight excluding hydrogens is 326 g/mol. The first-order chi connectivity index (χ1) is 12.5. The second-order valence-electron chi connectivity index (χ2n) is 8.89. The Morgan fingerprint density at radius 2 is 2.00 bits per heavy atom.